The summed E-state index contributed by atoms with van der Waals surface area (Å²) in [4.78, 5) is 21.1. The second-order valence-electron chi connectivity index (χ2n) is 3.37. The van der Waals surface area contributed by atoms with Gasteiger partial charge in [0.05, 0.1) is 5.56 Å². The van der Waals surface area contributed by atoms with Gasteiger partial charge in [-0.2, -0.15) is 0 Å². The number of amides is 1. The molecule has 19 heavy (non-hydrogen) atoms. The van der Waals surface area contributed by atoms with Crippen LogP contribution in [0.2, 0.25) is 0 Å². The number of ether oxygens (including phenoxy) is 1. The normalized spacial score (nSPS) is 8.89. The summed E-state index contributed by atoms with van der Waals surface area (Å²) in [5.74, 6) is -0.733. The van der Waals surface area contributed by atoms with Crippen molar-refractivity contribution in [3.05, 3.63) is 70.7 Å². The number of esters is 1. The highest BCUT2D eigenvalue weighted by molar-refractivity contribution is 9.10. The Labute approximate surface area is 119 Å². The average molecular weight is 322 g/mol. The van der Waals surface area contributed by atoms with Crippen molar-refractivity contribution in [2.75, 3.05) is 0 Å². The Morgan fingerprint density at radius 3 is 1.74 bits per heavy atom. The fourth-order valence-electron chi connectivity index (χ4n) is 1.14. The molecule has 0 aromatic heterocycles. The zero-order valence-electron chi connectivity index (χ0n) is 9.95. The van der Waals surface area contributed by atoms with E-state index in [9.17, 15) is 9.59 Å². The van der Waals surface area contributed by atoms with Crippen molar-refractivity contribution >= 4 is 28.0 Å². The van der Waals surface area contributed by atoms with Gasteiger partial charge in [-0.3, -0.25) is 0 Å². The lowest BCUT2D eigenvalue weighted by Crippen LogP contribution is -2.18. The first-order valence-electron chi connectivity index (χ1n) is 5.37. The minimum Gasteiger partial charge on any atom is -0.373 e. The van der Waals surface area contributed by atoms with Crippen molar-refractivity contribution in [3.8, 4) is 0 Å². The van der Waals surface area contributed by atoms with Crippen LogP contribution in [0.1, 0.15) is 10.4 Å². The SMILES string of the molecule is Brc1ccccc1.NC(=O)OC(=O)c1ccccc1. The van der Waals surface area contributed by atoms with Crippen molar-refractivity contribution in [1.29, 1.82) is 0 Å². The van der Waals surface area contributed by atoms with Crippen LogP contribution >= 0.6 is 15.9 Å². The highest BCUT2D eigenvalue weighted by Crippen LogP contribution is 2.05. The summed E-state index contributed by atoms with van der Waals surface area (Å²) in [7, 11) is 0. The Kier molecular flexibility index (Phi) is 6.32. The van der Waals surface area contributed by atoms with Crippen LogP contribution in [-0.4, -0.2) is 12.1 Å². The molecule has 0 aliphatic rings. The second kappa shape index (κ2) is 8.05. The van der Waals surface area contributed by atoms with E-state index >= 15 is 0 Å². The summed E-state index contributed by atoms with van der Waals surface area (Å²) in [6.07, 6.45) is -1.09. The standard InChI is InChI=1S/C8H7NO3.C6H5Br/c9-8(11)12-7(10)6-4-2-1-3-5-6;7-6-4-2-1-3-5-6/h1-5H,(H2,9,11);1-5H. The first-order valence-corrected chi connectivity index (χ1v) is 6.16. The van der Waals surface area contributed by atoms with Gasteiger partial charge in [-0.05, 0) is 24.3 Å². The molecule has 0 bridgehead atoms. The lowest BCUT2D eigenvalue weighted by atomic mass is 10.2. The van der Waals surface area contributed by atoms with E-state index in [4.69, 9.17) is 0 Å². The maximum absolute atomic E-state index is 10.9. The van der Waals surface area contributed by atoms with Gasteiger partial charge in [-0.15, -0.1) is 0 Å². The number of nitrogens with two attached hydrogens (primary N) is 1. The third-order valence-electron chi connectivity index (χ3n) is 1.94. The molecule has 2 aromatic carbocycles. The molecule has 0 unspecified atom stereocenters. The molecule has 0 heterocycles. The largest absolute Gasteiger partial charge is 0.412 e. The third kappa shape index (κ3) is 6.38. The van der Waals surface area contributed by atoms with Gasteiger partial charge in [0, 0.05) is 4.47 Å². The van der Waals surface area contributed by atoms with Crippen molar-refractivity contribution in [2.24, 2.45) is 5.73 Å². The highest BCUT2D eigenvalue weighted by atomic mass is 79.9. The van der Waals surface area contributed by atoms with Crippen LogP contribution in [0.25, 0.3) is 0 Å². The highest BCUT2D eigenvalue weighted by Gasteiger charge is 2.08. The fourth-order valence-corrected chi connectivity index (χ4v) is 1.44. The molecule has 98 valence electrons. The Hall–Kier alpha value is -2.14. The Morgan fingerprint density at radius 1 is 0.895 bits per heavy atom. The second-order valence-corrected chi connectivity index (χ2v) is 4.29. The van der Waals surface area contributed by atoms with E-state index in [0.717, 1.165) is 4.47 Å². The molecule has 0 radical (unpaired) electrons. The number of benzene rings is 2. The topological polar surface area (TPSA) is 69.4 Å². The number of hydrogen-bond acceptors (Lipinski definition) is 3. The molecule has 4 nitrogen and oxygen atoms in total. The molecule has 0 atom stereocenters. The van der Waals surface area contributed by atoms with Crippen LogP contribution in [0.15, 0.2) is 65.1 Å². The third-order valence-corrected chi connectivity index (χ3v) is 2.46. The molecule has 0 saturated heterocycles. The van der Waals surface area contributed by atoms with Gasteiger partial charge in [-0.1, -0.05) is 52.3 Å². The van der Waals surface area contributed by atoms with Crippen LogP contribution in [0.5, 0.6) is 0 Å². The predicted molar refractivity (Wildman–Crippen MR) is 75.6 cm³/mol. The summed E-state index contributed by atoms with van der Waals surface area (Å²) >= 11 is 3.31. The van der Waals surface area contributed by atoms with Gasteiger partial charge >= 0.3 is 12.1 Å². The summed E-state index contributed by atoms with van der Waals surface area (Å²) < 4.78 is 5.27. The van der Waals surface area contributed by atoms with E-state index < -0.39 is 12.1 Å². The maximum atomic E-state index is 10.9. The number of primary amides is 1. The van der Waals surface area contributed by atoms with Crippen molar-refractivity contribution < 1.29 is 14.3 Å². The molecule has 5 heteroatoms. The van der Waals surface area contributed by atoms with E-state index in [0.29, 0.717) is 5.56 Å². The average Bonchev–Trinajstić information content (AvgIpc) is 2.40. The quantitative estimate of drug-likeness (QED) is 0.646. The van der Waals surface area contributed by atoms with Crippen molar-refractivity contribution in [2.45, 2.75) is 0 Å². The van der Waals surface area contributed by atoms with E-state index in [1.54, 1.807) is 18.2 Å². The van der Waals surface area contributed by atoms with E-state index in [-0.39, 0.29) is 0 Å². The molecule has 2 rings (SSSR count). The number of hydrogen-bond donors (Lipinski definition) is 1. The van der Waals surface area contributed by atoms with Gasteiger partial charge in [0.15, 0.2) is 0 Å². The van der Waals surface area contributed by atoms with Gasteiger partial charge < -0.3 is 10.5 Å². The van der Waals surface area contributed by atoms with Gasteiger partial charge in [0.2, 0.25) is 0 Å². The van der Waals surface area contributed by atoms with Crippen molar-refractivity contribution in [3.63, 3.8) is 0 Å². The van der Waals surface area contributed by atoms with E-state index in [1.165, 1.54) is 12.1 Å². The van der Waals surface area contributed by atoms with Crippen LogP contribution in [0, 0.1) is 0 Å². The molecule has 0 saturated carbocycles. The summed E-state index contributed by atoms with van der Waals surface area (Å²) in [6.45, 7) is 0. The number of carbonyl (C=O) groups excluding carboxylic acids is 2. The van der Waals surface area contributed by atoms with Crippen LogP contribution in [0.4, 0.5) is 4.79 Å². The lowest BCUT2D eigenvalue weighted by Gasteiger charge is -1.97. The molecule has 2 N–H and O–H groups in total. The molecule has 0 spiro atoms. The maximum Gasteiger partial charge on any atom is 0.412 e. The summed E-state index contributed by atoms with van der Waals surface area (Å²) in [5.41, 5.74) is 4.95. The number of rotatable bonds is 1. The zero-order chi connectivity index (χ0) is 14.1. The Morgan fingerprint density at radius 2 is 1.37 bits per heavy atom. The smallest absolute Gasteiger partial charge is 0.373 e. The van der Waals surface area contributed by atoms with Crippen LogP contribution in [0.3, 0.4) is 0 Å². The Balaban J connectivity index is 0.000000218. The van der Waals surface area contributed by atoms with Gasteiger partial charge in [0.1, 0.15) is 0 Å². The minimum absolute atomic E-state index is 0.302. The molecular weight excluding hydrogens is 310 g/mol. The molecule has 0 fully saturated rings. The fraction of sp³-hybridized carbons (Fsp3) is 0. The summed E-state index contributed by atoms with van der Waals surface area (Å²) in [5, 5.41) is 0. The Bertz CT molecular complexity index is 529. The minimum atomic E-state index is -1.09. The molecular formula is C14H12BrNO3. The first-order chi connectivity index (χ1) is 9.09. The first kappa shape index (κ1) is 14.9. The monoisotopic (exact) mass is 321 g/mol. The zero-order valence-corrected chi connectivity index (χ0v) is 11.5. The van der Waals surface area contributed by atoms with Crippen molar-refractivity contribution in [1.82, 2.24) is 0 Å². The molecule has 2 aromatic rings. The van der Waals surface area contributed by atoms with E-state index in [2.05, 4.69) is 26.4 Å². The predicted octanol–water partition coefficient (Wildman–Crippen LogP) is 3.37. The molecule has 0 aliphatic heterocycles. The number of halogens is 1. The molecule has 1 amide bonds. The number of carbonyl (C=O) groups is 2. The van der Waals surface area contributed by atoms with Gasteiger partial charge in [0.25, 0.3) is 0 Å². The lowest BCUT2D eigenvalue weighted by molar-refractivity contribution is 0.0638. The van der Waals surface area contributed by atoms with Crippen LogP contribution in [-0.2, 0) is 4.74 Å². The van der Waals surface area contributed by atoms with Gasteiger partial charge in [-0.25, -0.2) is 9.59 Å². The van der Waals surface area contributed by atoms with Crippen LogP contribution < -0.4 is 5.73 Å². The van der Waals surface area contributed by atoms with E-state index in [1.807, 2.05) is 30.3 Å². The summed E-state index contributed by atoms with van der Waals surface area (Å²) in [6, 6.07) is 18.1. The molecule has 0 aliphatic carbocycles.